The van der Waals surface area contributed by atoms with Gasteiger partial charge < -0.3 is 10.5 Å². The molecule has 1 aliphatic rings. The summed E-state index contributed by atoms with van der Waals surface area (Å²) in [5, 5.41) is 0. The highest BCUT2D eigenvalue weighted by molar-refractivity contribution is 7.90. The largest absolute Gasteiger partial charge is 0.495 e. The van der Waals surface area contributed by atoms with Crippen molar-refractivity contribution in [1.29, 1.82) is 0 Å². The van der Waals surface area contributed by atoms with Gasteiger partial charge in [0.05, 0.1) is 18.5 Å². The van der Waals surface area contributed by atoms with Crippen molar-refractivity contribution in [3.63, 3.8) is 0 Å². The predicted molar refractivity (Wildman–Crippen MR) is 66.1 cm³/mol. The zero-order chi connectivity index (χ0) is 12.5. The van der Waals surface area contributed by atoms with Crippen LogP contribution in [0.2, 0.25) is 0 Å². The lowest BCUT2D eigenvalue weighted by Gasteiger charge is -2.10. The Labute approximate surface area is 100 Å². The van der Waals surface area contributed by atoms with E-state index in [0.29, 0.717) is 17.1 Å². The van der Waals surface area contributed by atoms with Gasteiger partial charge in [-0.05, 0) is 31.0 Å². The molecule has 0 aromatic heterocycles. The van der Waals surface area contributed by atoms with Crippen LogP contribution in [0.3, 0.4) is 0 Å². The van der Waals surface area contributed by atoms with E-state index in [9.17, 15) is 8.42 Å². The SMILES string of the molecule is COc1ccc(NS(=O)(=O)NC2CC2)cc1N. The second-order valence-corrected chi connectivity index (χ2v) is 5.40. The summed E-state index contributed by atoms with van der Waals surface area (Å²) in [5.74, 6) is 0.517. The molecule has 2 rings (SSSR count). The van der Waals surface area contributed by atoms with Gasteiger partial charge in [0.2, 0.25) is 0 Å². The van der Waals surface area contributed by atoms with E-state index in [2.05, 4.69) is 9.44 Å². The molecule has 0 radical (unpaired) electrons. The van der Waals surface area contributed by atoms with Crippen LogP contribution in [0.5, 0.6) is 5.75 Å². The Morgan fingerprint density at radius 1 is 1.41 bits per heavy atom. The van der Waals surface area contributed by atoms with Crippen LogP contribution in [0.4, 0.5) is 11.4 Å². The first-order chi connectivity index (χ1) is 8.00. The molecule has 1 aliphatic carbocycles. The molecule has 0 aliphatic heterocycles. The van der Waals surface area contributed by atoms with E-state index >= 15 is 0 Å². The van der Waals surface area contributed by atoms with Gasteiger partial charge in [-0.1, -0.05) is 0 Å². The van der Waals surface area contributed by atoms with Crippen molar-refractivity contribution in [3.8, 4) is 5.75 Å². The van der Waals surface area contributed by atoms with Gasteiger partial charge in [0.15, 0.2) is 0 Å². The first-order valence-corrected chi connectivity index (χ1v) is 6.72. The molecule has 17 heavy (non-hydrogen) atoms. The number of anilines is 2. The zero-order valence-corrected chi connectivity index (χ0v) is 10.3. The van der Waals surface area contributed by atoms with E-state index in [1.807, 2.05) is 0 Å². The third-order valence-electron chi connectivity index (χ3n) is 2.38. The highest BCUT2D eigenvalue weighted by Crippen LogP contribution is 2.25. The van der Waals surface area contributed by atoms with Gasteiger partial charge in [-0.15, -0.1) is 0 Å². The Balaban J connectivity index is 2.09. The Morgan fingerprint density at radius 2 is 2.12 bits per heavy atom. The quantitative estimate of drug-likeness (QED) is 0.676. The average molecular weight is 257 g/mol. The van der Waals surface area contributed by atoms with E-state index in [0.717, 1.165) is 12.8 Å². The number of rotatable bonds is 5. The van der Waals surface area contributed by atoms with Crippen molar-refractivity contribution in [2.24, 2.45) is 0 Å². The molecule has 0 spiro atoms. The highest BCUT2D eigenvalue weighted by Gasteiger charge is 2.26. The van der Waals surface area contributed by atoms with E-state index in [1.165, 1.54) is 13.2 Å². The number of nitrogens with one attached hydrogen (secondary N) is 2. The van der Waals surface area contributed by atoms with Crippen molar-refractivity contribution in [1.82, 2.24) is 4.72 Å². The van der Waals surface area contributed by atoms with E-state index in [-0.39, 0.29) is 6.04 Å². The van der Waals surface area contributed by atoms with Gasteiger partial charge in [0, 0.05) is 6.04 Å². The van der Waals surface area contributed by atoms with Gasteiger partial charge >= 0.3 is 0 Å². The van der Waals surface area contributed by atoms with Crippen molar-refractivity contribution < 1.29 is 13.2 Å². The first-order valence-electron chi connectivity index (χ1n) is 5.24. The minimum absolute atomic E-state index is 0.0723. The van der Waals surface area contributed by atoms with Gasteiger partial charge in [-0.2, -0.15) is 13.1 Å². The maximum Gasteiger partial charge on any atom is 0.299 e. The second-order valence-electron chi connectivity index (χ2n) is 3.95. The molecule has 1 aromatic rings. The molecular formula is C10H15N3O3S. The average Bonchev–Trinajstić information content (AvgIpc) is 3.00. The minimum atomic E-state index is -3.50. The van der Waals surface area contributed by atoms with Crippen molar-refractivity contribution >= 4 is 21.6 Å². The third kappa shape index (κ3) is 3.24. The lowest BCUT2D eigenvalue weighted by molar-refractivity contribution is 0.417. The molecule has 94 valence electrons. The Hall–Kier alpha value is -1.47. The summed E-state index contributed by atoms with van der Waals surface area (Å²) in [4.78, 5) is 0. The van der Waals surface area contributed by atoms with Crippen LogP contribution in [0.1, 0.15) is 12.8 Å². The van der Waals surface area contributed by atoms with Crippen molar-refractivity contribution in [3.05, 3.63) is 18.2 Å². The Morgan fingerprint density at radius 3 is 2.65 bits per heavy atom. The molecule has 0 heterocycles. The summed E-state index contributed by atoms with van der Waals surface area (Å²) in [5.41, 5.74) is 6.49. The van der Waals surface area contributed by atoms with Crippen LogP contribution in [0.25, 0.3) is 0 Å². The van der Waals surface area contributed by atoms with Crippen molar-refractivity contribution in [2.75, 3.05) is 17.6 Å². The van der Waals surface area contributed by atoms with Crippen molar-refractivity contribution in [2.45, 2.75) is 18.9 Å². The fourth-order valence-corrected chi connectivity index (χ4v) is 2.57. The van der Waals surface area contributed by atoms with Crippen LogP contribution < -0.4 is 19.9 Å². The van der Waals surface area contributed by atoms with Gasteiger partial charge in [0.1, 0.15) is 5.75 Å². The summed E-state index contributed by atoms with van der Waals surface area (Å²) in [6.07, 6.45) is 1.79. The standard InChI is InChI=1S/C10H15N3O3S/c1-16-10-5-4-8(6-9(10)11)13-17(14,15)12-7-2-3-7/h4-7,12-13H,2-3,11H2,1H3. The smallest absolute Gasteiger partial charge is 0.299 e. The third-order valence-corrected chi connectivity index (χ3v) is 3.53. The molecule has 1 aromatic carbocycles. The fraction of sp³-hybridized carbons (Fsp3) is 0.400. The molecule has 7 heteroatoms. The molecule has 4 N–H and O–H groups in total. The number of hydrogen-bond acceptors (Lipinski definition) is 4. The summed E-state index contributed by atoms with van der Waals surface area (Å²) in [6, 6.07) is 4.81. The van der Waals surface area contributed by atoms with Gasteiger partial charge in [0.25, 0.3) is 10.2 Å². The summed E-state index contributed by atoms with van der Waals surface area (Å²) in [7, 11) is -2.00. The topological polar surface area (TPSA) is 93.4 Å². The Bertz CT molecular complexity index is 512. The zero-order valence-electron chi connectivity index (χ0n) is 9.43. The molecule has 0 saturated heterocycles. The second kappa shape index (κ2) is 4.42. The molecule has 0 atom stereocenters. The number of benzene rings is 1. The maximum absolute atomic E-state index is 11.6. The Kier molecular flexibility index (Phi) is 3.12. The minimum Gasteiger partial charge on any atom is -0.495 e. The normalized spacial score (nSPS) is 15.6. The van der Waals surface area contributed by atoms with E-state index in [4.69, 9.17) is 10.5 Å². The van der Waals surface area contributed by atoms with Crippen LogP contribution in [0, 0.1) is 0 Å². The lowest BCUT2D eigenvalue weighted by atomic mass is 10.2. The monoisotopic (exact) mass is 257 g/mol. The summed E-state index contributed by atoms with van der Waals surface area (Å²) in [6.45, 7) is 0. The number of nitrogens with two attached hydrogens (primary N) is 1. The van der Waals surface area contributed by atoms with Crippen LogP contribution in [0.15, 0.2) is 18.2 Å². The molecule has 6 nitrogen and oxygen atoms in total. The van der Waals surface area contributed by atoms with E-state index in [1.54, 1.807) is 12.1 Å². The maximum atomic E-state index is 11.6. The van der Waals surface area contributed by atoms with Crippen LogP contribution >= 0.6 is 0 Å². The predicted octanol–water partition coefficient (Wildman–Crippen LogP) is 0.686. The molecular weight excluding hydrogens is 242 g/mol. The summed E-state index contributed by atoms with van der Waals surface area (Å²) >= 11 is 0. The molecule has 1 saturated carbocycles. The van der Waals surface area contributed by atoms with Crippen LogP contribution in [-0.4, -0.2) is 21.6 Å². The first kappa shape index (κ1) is 12.0. The number of methoxy groups -OCH3 is 1. The number of ether oxygens (including phenoxy) is 1. The molecule has 1 fully saturated rings. The summed E-state index contributed by atoms with van der Waals surface area (Å²) < 4.78 is 33.2. The molecule has 0 bridgehead atoms. The number of hydrogen-bond donors (Lipinski definition) is 3. The molecule has 0 amide bonds. The highest BCUT2D eigenvalue weighted by atomic mass is 32.2. The van der Waals surface area contributed by atoms with E-state index < -0.39 is 10.2 Å². The van der Waals surface area contributed by atoms with Gasteiger partial charge in [-0.25, -0.2) is 0 Å². The molecule has 0 unspecified atom stereocenters. The van der Waals surface area contributed by atoms with Gasteiger partial charge in [-0.3, -0.25) is 4.72 Å². The van der Waals surface area contributed by atoms with Crippen LogP contribution in [-0.2, 0) is 10.2 Å². The lowest BCUT2D eigenvalue weighted by Crippen LogP contribution is -2.31. The fourth-order valence-electron chi connectivity index (χ4n) is 1.40. The number of nitrogen functional groups attached to an aromatic ring is 1.